The molecule has 0 spiro atoms. The number of anilines is 1. The fourth-order valence-corrected chi connectivity index (χ4v) is 20.8. The van der Waals surface area contributed by atoms with Crippen molar-refractivity contribution in [2.75, 3.05) is 57.9 Å². The van der Waals surface area contributed by atoms with Gasteiger partial charge in [0.15, 0.2) is 11.5 Å². The summed E-state index contributed by atoms with van der Waals surface area (Å²) in [6.07, 6.45) is 3.70. The number of urea groups is 2. The molecule has 5 amide bonds. The molecule has 2 N–H and O–H groups in total. The van der Waals surface area contributed by atoms with Gasteiger partial charge in [-0.2, -0.15) is 4.31 Å². The highest BCUT2D eigenvalue weighted by Gasteiger charge is 2.36. The summed E-state index contributed by atoms with van der Waals surface area (Å²) in [7, 11) is -3.66. The summed E-state index contributed by atoms with van der Waals surface area (Å²) < 4.78 is 46.4. The number of hydrogen-bond donors (Lipinski definition) is 2. The van der Waals surface area contributed by atoms with Gasteiger partial charge in [-0.3, -0.25) is 47.1 Å². The largest absolute Gasteiger partial charge is 0.454 e. The molecule has 1 fully saturated rings. The third-order valence-corrected chi connectivity index (χ3v) is 29.2. The lowest BCUT2D eigenvalue weighted by atomic mass is 10.1. The van der Waals surface area contributed by atoms with Crippen LogP contribution in [0.3, 0.4) is 0 Å². The van der Waals surface area contributed by atoms with Crippen molar-refractivity contribution in [3.05, 3.63) is 426 Å². The van der Waals surface area contributed by atoms with Crippen LogP contribution in [0.25, 0.3) is 87.9 Å². The summed E-state index contributed by atoms with van der Waals surface area (Å²) in [4.78, 5) is 124. The van der Waals surface area contributed by atoms with Gasteiger partial charge in [-0.25, -0.2) is 37.9 Å². The van der Waals surface area contributed by atoms with E-state index in [1.54, 1.807) is 91.9 Å². The molecule has 1 saturated heterocycles. The number of nitrogens with zero attached hydrogens (tertiary/aromatic N) is 13. The number of aryl methyl sites for hydroxylation is 4. The molecule has 0 bridgehead atoms. The van der Waals surface area contributed by atoms with Crippen LogP contribution in [-0.4, -0.2) is 141 Å². The van der Waals surface area contributed by atoms with E-state index in [4.69, 9.17) is 29.4 Å². The van der Waals surface area contributed by atoms with Crippen molar-refractivity contribution < 1.29 is 32.3 Å². The molecule has 2 aliphatic heterocycles. The van der Waals surface area contributed by atoms with Gasteiger partial charge in [0.25, 0.3) is 28.1 Å². The minimum absolute atomic E-state index is 0.108. The first-order valence-electron chi connectivity index (χ1n) is 50.6. The number of carbonyl (C=O) groups is 3. The zero-order valence-electron chi connectivity index (χ0n) is 85.5. The Hall–Kier alpha value is -16.4. The number of piperazine rings is 1. The van der Waals surface area contributed by atoms with Crippen molar-refractivity contribution in [3.63, 3.8) is 0 Å². The average molecular weight is 2000 g/mol. The highest BCUT2D eigenvalue weighted by Crippen LogP contribution is 2.37. The molecular formula is C121H123N15O11S. The van der Waals surface area contributed by atoms with Crippen LogP contribution in [0.1, 0.15) is 167 Å². The molecule has 148 heavy (non-hydrogen) atoms. The number of para-hydroxylation sites is 5. The minimum Gasteiger partial charge on any atom is -0.454 e. The summed E-state index contributed by atoms with van der Waals surface area (Å²) in [5.41, 5.74) is 11.5. The van der Waals surface area contributed by atoms with Gasteiger partial charge in [-0.1, -0.05) is 263 Å². The zero-order valence-corrected chi connectivity index (χ0v) is 86.3. The Kier molecular flexibility index (Phi) is 32.3. The van der Waals surface area contributed by atoms with Gasteiger partial charge in [0.1, 0.15) is 23.3 Å². The van der Waals surface area contributed by atoms with E-state index in [9.17, 15) is 42.0 Å². The van der Waals surface area contributed by atoms with E-state index in [2.05, 4.69) is 36.3 Å². The first-order valence-corrected chi connectivity index (χ1v) is 52.0. The highest BCUT2D eigenvalue weighted by molar-refractivity contribution is 7.89. The van der Waals surface area contributed by atoms with Gasteiger partial charge in [0.05, 0.1) is 101 Å². The second-order valence-electron chi connectivity index (χ2n) is 38.0. The van der Waals surface area contributed by atoms with E-state index in [1.165, 1.54) is 0 Å². The quantitative estimate of drug-likeness (QED) is 0.0476. The van der Waals surface area contributed by atoms with Crippen LogP contribution < -0.4 is 42.3 Å². The molecule has 0 radical (unpaired) electrons. The predicted molar refractivity (Wildman–Crippen MR) is 590 cm³/mol. The van der Waals surface area contributed by atoms with Gasteiger partial charge >= 0.3 is 12.1 Å². The summed E-state index contributed by atoms with van der Waals surface area (Å²) >= 11 is 0. The number of amides is 5. The number of unbranched alkanes of at least 4 members (excludes halogenated alkanes) is 2. The van der Waals surface area contributed by atoms with Crippen LogP contribution in [0, 0.1) is 33.6 Å². The number of fused-ring (bicyclic) bond motifs is 7. The molecule has 20 rings (SSSR count). The van der Waals surface area contributed by atoms with E-state index < -0.39 is 28.1 Å². The van der Waals surface area contributed by atoms with Gasteiger partial charge in [-0.15, -0.1) is 0 Å². The third-order valence-electron chi connectivity index (χ3n) is 27.3. The van der Waals surface area contributed by atoms with Crippen molar-refractivity contribution in [2.24, 2.45) is 5.92 Å². The predicted octanol–water partition coefficient (Wildman–Crippen LogP) is 23.2. The Labute approximate surface area is 861 Å². The lowest BCUT2D eigenvalue weighted by Gasteiger charge is -2.37. The average Bonchev–Trinajstić information content (AvgIpc) is 0.845. The lowest BCUT2D eigenvalue weighted by molar-refractivity contribution is 0.0680. The maximum atomic E-state index is 13.9. The Balaban J connectivity index is 0.000000135. The monoisotopic (exact) mass is 1990 g/mol. The molecule has 0 aliphatic carbocycles. The zero-order chi connectivity index (χ0) is 104. The van der Waals surface area contributed by atoms with Crippen LogP contribution in [0.15, 0.2) is 352 Å². The number of rotatable bonds is 26. The molecular weight excluding hydrogens is 1870 g/mol. The normalized spacial score (nSPS) is 13.3. The summed E-state index contributed by atoms with van der Waals surface area (Å²) in [5, 5.41) is 12.1. The second-order valence-corrected chi connectivity index (χ2v) is 39.9. The van der Waals surface area contributed by atoms with E-state index >= 15 is 0 Å². The number of nitrogens with one attached hydrogen (secondary N) is 2. The Morgan fingerprint density at radius 3 is 1.33 bits per heavy atom. The van der Waals surface area contributed by atoms with Crippen LogP contribution in [0.4, 0.5) is 15.3 Å². The number of aromatic nitrogens is 8. The molecule has 18 aromatic rings. The molecule has 27 heteroatoms. The number of carbonyl (C=O) groups excluding carboxylic acids is 3. The lowest BCUT2D eigenvalue weighted by Crippen LogP contribution is -2.49. The van der Waals surface area contributed by atoms with E-state index in [-0.39, 0.29) is 59.0 Å². The first-order chi connectivity index (χ1) is 71.7. The first kappa shape index (κ1) is 103. The van der Waals surface area contributed by atoms with Crippen molar-refractivity contribution in [2.45, 2.75) is 144 Å². The Morgan fingerprint density at radius 2 is 0.818 bits per heavy atom. The van der Waals surface area contributed by atoms with Crippen LogP contribution in [0.5, 0.6) is 11.5 Å². The SMILES string of the molecule is CCCCCN(C(=O)NCc1ccccc1)C(C)c1nc2ccccc2c(=O)n1-c1ccc(C)cc1.CCCN(C(=O)c1ccc2c(c1)OCO2)C(C)c1nc2ccccc2c(=O)n1-c1ccc(C)cc1.Cc1ccc(-n2c(C(C)N3CCN(S(=O)(=O)c4cccc5ccccc45)CC3)nc3ccccc3c2=O)cc1.Cc1ccccc1-n1c(C(C)N(CC(C)C)C(=O)Nc2cccc3ccccc23)nc2ccccc2c1=O. The van der Waals surface area contributed by atoms with E-state index in [1.807, 2.05) is 335 Å². The van der Waals surface area contributed by atoms with E-state index in [0.29, 0.717) is 147 Å². The standard InChI is InChI=1S/C32H32N4O2.C31H30N4O3S.C30H34N4O2.C28H27N3O4/c1-21(2)20-35(32(38)34-27-18-11-14-24-13-6-7-15-25(24)27)23(4)30-33-28-17-9-8-16-26(28)31(37)36(30)29-19-10-5-12-22(29)3;1-22-14-16-25(17-15-22)35-30(32-28-12-6-5-11-27(28)31(35)36)23(2)33-18-20-34(21-19-33)39(37,38)29-13-7-9-24-8-3-4-10-26(24)29;1-4-5-11-20-33(30(36)31-21-24-12-7-6-8-13-24)23(3)28-32-27-15-10-9-14-26(27)29(35)34(28)25-18-16-22(2)17-19-25;1-4-15-30(27(32)20-11-14-24-25(16-20)35-17-34-24)19(3)26-29-23-8-6-5-7-22(23)28(33)31(26)21-12-9-18(2)10-13-21/h5-19,21,23H,20H2,1-4H3,(H,34,38);3-17,23H,18-21H2,1-2H3;6-10,12-19,23H,4-5,11,20-21H2,1-3H3,(H,31,36);5-14,16,19H,4,15,17H2,1-3H3. The Bertz CT molecular complexity index is 8270. The van der Waals surface area contributed by atoms with Crippen molar-refractivity contribution in [1.29, 1.82) is 0 Å². The topological polar surface area (TPSA) is 284 Å². The fraction of sp³-hybridized carbons (Fsp3) is 0.248. The summed E-state index contributed by atoms with van der Waals surface area (Å²) in [6.45, 7) is 28.1. The smallest absolute Gasteiger partial charge is 0.322 e. The number of hydrogen-bond acceptors (Lipinski definition) is 16. The van der Waals surface area contributed by atoms with E-state index in [0.717, 1.165) is 97.8 Å². The second kappa shape index (κ2) is 46.4. The molecule has 2 aliphatic rings. The molecule has 14 aromatic carbocycles. The summed E-state index contributed by atoms with van der Waals surface area (Å²) in [6, 6.07) is 101. The Morgan fingerprint density at radius 1 is 0.392 bits per heavy atom. The molecule has 26 nitrogen and oxygen atoms in total. The van der Waals surface area contributed by atoms with Crippen molar-refractivity contribution >= 4 is 98.8 Å². The number of ether oxygens (including phenoxy) is 2. The fourth-order valence-electron chi connectivity index (χ4n) is 19.2. The molecule has 0 saturated carbocycles. The van der Waals surface area contributed by atoms with Gasteiger partial charge in [-0.05, 0) is 217 Å². The minimum atomic E-state index is -3.66. The van der Waals surface area contributed by atoms with Crippen LogP contribution in [0.2, 0.25) is 0 Å². The van der Waals surface area contributed by atoms with Crippen molar-refractivity contribution in [1.82, 2.24) is 67.4 Å². The third kappa shape index (κ3) is 22.5. The number of benzene rings is 14. The molecule has 6 heterocycles. The molecule has 754 valence electrons. The van der Waals surface area contributed by atoms with Crippen molar-refractivity contribution in [3.8, 4) is 34.2 Å². The molecule has 4 aromatic heterocycles. The summed E-state index contributed by atoms with van der Waals surface area (Å²) in [5.74, 6) is 3.46. The van der Waals surface area contributed by atoms with Gasteiger partial charge in [0.2, 0.25) is 16.8 Å². The number of sulfonamides is 1. The van der Waals surface area contributed by atoms with Crippen LogP contribution in [-0.2, 0) is 16.6 Å². The maximum Gasteiger partial charge on any atom is 0.322 e. The maximum absolute atomic E-state index is 13.9. The molecule has 4 unspecified atom stereocenters. The van der Waals surface area contributed by atoms with Gasteiger partial charge in [0, 0.05) is 68.7 Å². The van der Waals surface area contributed by atoms with Crippen LogP contribution >= 0.6 is 0 Å². The van der Waals surface area contributed by atoms with Gasteiger partial charge < -0.3 is 34.8 Å². The molecule has 4 atom stereocenters. The highest BCUT2D eigenvalue weighted by atomic mass is 32.2.